The molecular weight excluding hydrogens is 408 g/mol. The highest BCUT2D eigenvalue weighted by atomic mass is 16.7. The van der Waals surface area contributed by atoms with Gasteiger partial charge in [0, 0.05) is 12.3 Å². The highest BCUT2D eigenvalue weighted by Crippen LogP contribution is 2.48. The van der Waals surface area contributed by atoms with E-state index in [9.17, 15) is 14.7 Å². The molecule has 5 atom stereocenters. The van der Waals surface area contributed by atoms with Gasteiger partial charge in [-0.3, -0.25) is 4.79 Å². The van der Waals surface area contributed by atoms with Crippen LogP contribution in [0.4, 0.5) is 4.79 Å². The van der Waals surface area contributed by atoms with Crippen LogP contribution in [0.3, 0.4) is 0 Å². The standard InChI is InChI=1S/C26H42O6/c1-5-6-7-11-20(31-25(30)32-26(2,3)4)13-14-21-22-16-18(10-8-9-12-24(28)29)15-19(22)17-23(21)27/h13-15,19-23,27H,5-12,16-17H2,1-4H3,(H,28,29)/b14-13+/t19-,20-,21+,22-,23+/m0/s1. The van der Waals surface area contributed by atoms with E-state index in [4.69, 9.17) is 14.6 Å². The first-order valence-electron chi connectivity index (χ1n) is 12.3. The Labute approximate surface area is 193 Å². The molecule has 0 radical (unpaired) electrons. The van der Waals surface area contributed by atoms with Crippen LogP contribution in [0, 0.1) is 17.8 Å². The van der Waals surface area contributed by atoms with Gasteiger partial charge in [-0.2, -0.15) is 0 Å². The number of rotatable bonds is 12. The number of aliphatic hydroxyl groups is 1. The molecule has 182 valence electrons. The van der Waals surface area contributed by atoms with Crippen LogP contribution in [0.25, 0.3) is 0 Å². The van der Waals surface area contributed by atoms with Crippen molar-refractivity contribution in [1.29, 1.82) is 0 Å². The van der Waals surface area contributed by atoms with Crippen molar-refractivity contribution < 1.29 is 29.3 Å². The highest BCUT2D eigenvalue weighted by Gasteiger charge is 2.43. The number of carbonyl (C=O) groups excluding carboxylic acids is 1. The van der Waals surface area contributed by atoms with Gasteiger partial charge in [0.25, 0.3) is 0 Å². The molecule has 6 nitrogen and oxygen atoms in total. The van der Waals surface area contributed by atoms with Gasteiger partial charge in [-0.15, -0.1) is 0 Å². The minimum Gasteiger partial charge on any atom is -0.481 e. The summed E-state index contributed by atoms with van der Waals surface area (Å²) >= 11 is 0. The van der Waals surface area contributed by atoms with Crippen LogP contribution in [0.2, 0.25) is 0 Å². The van der Waals surface area contributed by atoms with Crippen molar-refractivity contribution in [1.82, 2.24) is 0 Å². The zero-order chi connectivity index (χ0) is 23.7. The fraction of sp³-hybridized carbons (Fsp3) is 0.769. The summed E-state index contributed by atoms with van der Waals surface area (Å²) in [6.07, 6.45) is 13.3. The number of carboxylic acids is 1. The van der Waals surface area contributed by atoms with Crippen LogP contribution < -0.4 is 0 Å². The van der Waals surface area contributed by atoms with Crippen molar-refractivity contribution in [2.75, 3.05) is 0 Å². The number of hydrogen-bond donors (Lipinski definition) is 2. The number of fused-ring (bicyclic) bond motifs is 1. The monoisotopic (exact) mass is 450 g/mol. The molecule has 0 heterocycles. The second-order valence-electron chi connectivity index (χ2n) is 10.3. The van der Waals surface area contributed by atoms with Crippen LogP contribution in [0.5, 0.6) is 0 Å². The van der Waals surface area contributed by atoms with Crippen LogP contribution in [-0.4, -0.2) is 40.1 Å². The van der Waals surface area contributed by atoms with Crippen molar-refractivity contribution in [3.05, 3.63) is 23.8 Å². The largest absolute Gasteiger partial charge is 0.509 e. The summed E-state index contributed by atoms with van der Waals surface area (Å²) in [6, 6.07) is 0. The van der Waals surface area contributed by atoms with Crippen LogP contribution in [0.15, 0.2) is 23.8 Å². The number of aliphatic hydroxyl groups excluding tert-OH is 1. The van der Waals surface area contributed by atoms with Gasteiger partial charge >= 0.3 is 12.1 Å². The third-order valence-electron chi connectivity index (χ3n) is 6.37. The van der Waals surface area contributed by atoms with E-state index in [1.54, 1.807) is 0 Å². The molecule has 1 saturated carbocycles. The fourth-order valence-corrected chi connectivity index (χ4v) is 4.86. The maximum Gasteiger partial charge on any atom is 0.509 e. The Kier molecular flexibility index (Phi) is 10.3. The number of carboxylic acid groups (broad SMARTS) is 1. The molecule has 0 spiro atoms. The minimum absolute atomic E-state index is 0.0451. The molecule has 1 fully saturated rings. The summed E-state index contributed by atoms with van der Waals surface area (Å²) < 4.78 is 10.9. The summed E-state index contributed by atoms with van der Waals surface area (Å²) in [6.45, 7) is 7.59. The number of ether oxygens (including phenoxy) is 2. The number of hydrogen-bond acceptors (Lipinski definition) is 5. The zero-order valence-electron chi connectivity index (χ0n) is 20.2. The normalized spacial score (nSPS) is 26.1. The molecule has 2 aliphatic rings. The lowest BCUT2D eigenvalue weighted by Crippen LogP contribution is -2.27. The van der Waals surface area contributed by atoms with Gasteiger partial charge in [0.05, 0.1) is 6.10 Å². The maximum atomic E-state index is 12.2. The quantitative estimate of drug-likeness (QED) is 0.214. The van der Waals surface area contributed by atoms with Gasteiger partial charge in [0.1, 0.15) is 11.7 Å². The fourth-order valence-electron chi connectivity index (χ4n) is 4.86. The average Bonchev–Trinajstić information content (AvgIpc) is 3.18. The molecule has 2 rings (SSSR count). The molecule has 32 heavy (non-hydrogen) atoms. The summed E-state index contributed by atoms with van der Waals surface area (Å²) in [5.41, 5.74) is 0.792. The first-order valence-corrected chi connectivity index (χ1v) is 12.3. The average molecular weight is 451 g/mol. The second-order valence-corrected chi connectivity index (χ2v) is 10.3. The van der Waals surface area contributed by atoms with Gasteiger partial charge in [0.2, 0.25) is 0 Å². The zero-order valence-corrected chi connectivity index (χ0v) is 20.2. The molecule has 2 N–H and O–H groups in total. The molecule has 0 bridgehead atoms. The lowest BCUT2D eigenvalue weighted by atomic mass is 9.88. The molecule has 0 aromatic carbocycles. The van der Waals surface area contributed by atoms with Crippen molar-refractivity contribution >= 4 is 12.1 Å². The van der Waals surface area contributed by atoms with E-state index in [1.165, 1.54) is 5.57 Å². The lowest BCUT2D eigenvalue weighted by Gasteiger charge is -2.22. The van der Waals surface area contributed by atoms with Gasteiger partial charge in [-0.05, 0) is 83.6 Å². The first-order chi connectivity index (χ1) is 15.1. The third-order valence-corrected chi connectivity index (χ3v) is 6.37. The molecule has 6 heteroatoms. The molecule has 0 saturated heterocycles. The SMILES string of the molecule is CCCCC[C@@H](/C=C/[C@@H]1[C@H]2CC(CCCCC(=O)O)=C[C@H]2C[C@H]1O)OC(=O)OC(C)(C)C. The molecule has 0 unspecified atom stereocenters. The van der Waals surface area contributed by atoms with Crippen LogP contribution in [0.1, 0.15) is 91.9 Å². The van der Waals surface area contributed by atoms with Gasteiger partial charge in [0.15, 0.2) is 0 Å². The number of carbonyl (C=O) groups is 2. The maximum absolute atomic E-state index is 12.2. The summed E-state index contributed by atoms with van der Waals surface area (Å²) in [7, 11) is 0. The van der Waals surface area contributed by atoms with E-state index in [-0.39, 0.29) is 24.5 Å². The summed E-state index contributed by atoms with van der Waals surface area (Å²) in [5.74, 6) is 0.0503. The van der Waals surface area contributed by atoms with E-state index >= 15 is 0 Å². The Hall–Kier alpha value is -1.82. The van der Waals surface area contributed by atoms with Crippen molar-refractivity contribution in [2.45, 2.75) is 110 Å². The van der Waals surface area contributed by atoms with Gasteiger partial charge in [-0.1, -0.05) is 37.5 Å². The third kappa shape index (κ3) is 8.97. The van der Waals surface area contributed by atoms with Gasteiger partial charge in [-0.25, -0.2) is 4.79 Å². The second kappa shape index (κ2) is 12.4. The Balaban J connectivity index is 1.94. The van der Waals surface area contributed by atoms with E-state index in [0.717, 1.165) is 51.4 Å². The topological polar surface area (TPSA) is 93.1 Å². The summed E-state index contributed by atoms with van der Waals surface area (Å²) in [4.78, 5) is 22.9. The molecule has 0 amide bonds. The number of unbranched alkanes of at least 4 members (excludes halogenated alkanes) is 3. The number of aliphatic carboxylic acids is 1. The molecule has 0 aromatic heterocycles. The Morgan fingerprint density at radius 3 is 2.62 bits per heavy atom. The first kappa shape index (κ1) is 26.4. The van der Waals surface area contributed by atoms with Crippen molar-refractivity contribution in [3.8, 4) is 0 Å². The molecule has 0 aliphatic heterocycles. The van der Waals surface area contributed by atoms with E-state index in [2.05, 4.69) is 19.1 Å². The van der Waals surface area contributed by atoms with E-state index in [1.807, 2.05) is 26.8 Å². The van der Waals surface area contributed by atoms with Crippen molar-refractivity contribution in [2.24, 2.45) is 17.8 Å². The highest BCUT2D eigenvalue weighted by molar-refractivity contribution is 5.66. The Morgan fingerprint density at radius 1 is 1.22 bits per heavy atom. The predicted octanol–water partition coefficient (Wildman–Crippen LogP) is 6.03. The van der Waals surface area contributed by atoms with E-state index in [0.29, 0.717) is 18.3 Å². The Morgan fingerprint density at radius 2 is 1.97 bits per heavy atom. The Bertz CT molecular complexity index is 674. The van der Waals surface area contributed by atoms with Gasteiger partial charge < -0.3 is 19.7 Å². The number of allylic oxidation sites excluding steroid dienone is 2. The smallest absolute Gasteiger partial charge is 0.481 e. The lowest BCUT2D eigenvalue weighted by molar-refractivity contribution is -0.137. The van der Waals surface area contributed by atoms with E-state index < -0.39 is 17.7 Å². The minimum atomic E-state index is -0.738. The predicted molar refractivity (Wildman–Crippen MR) is 124 cm³/mol. The summed E-state index contributed by atoms with van der Waals surface area (Å²) in [5, 5.41) is 19.4. The van der Waals surface area contributed by atoms with Crippen LogP contribution in [-0.2, 0) is 14.3 Å². The molecule has 2 aliphatic carbocycles. The van der Waals surface area contributed by atoms with Crippen molar-refractivity contribution in [3.63, 3.8) is 0 Å². The van der Waals surface area contributed by atoms with Crippen LogP contribution >= 0.6 is 0 Å². The molecule has 0 aromatic rings. The molecular formula is C26H42O6.